The number of halogens is 1. The quantitative estimate of drug-likeness (QED) is 0.503. The first-order valence-corrected chi connectivity index (χ1v) is 12.9. The Morgan fingerprint density at radius 2 is 1.80 bits per heavy atom. The van der Waals surface area contributed by atoms with E-state index >= 15 is 0 Å². The molecule has 0 unspecified atom stereocenters. The van der Waals surface area contributed by atoms with Crippen LogP contribution in [-0.2, 0) is 20.6 Å². The number of benzene rings is 2. The molecule has 164 valence electrons. The maximum Gasteiger partial charge on any atom is 0.261 e. The maximum atomic E-state index is 12.4. The lowest BCUT2D eigenvalue weighted by atomic mass is 10.2. The van der Waals surface area contributed by atoms with Gasteiger partial charge in [-0.05, 0) is 48.4 Å². The van der Waals surface area contributed by atoms with E-state index in [9.17, 15) is 13.2 Å². The number of hydrogen-bond donors (Lipinski definition) is 1. The second kappa shape index (κ2) is 11.5. The van der Waals surface area contributed by atoms with Crippen LogP contribution in [0.4, 0.5) is 5.69 Å². The Bertz CT molecular complexity index is 919. The van der Waals surface area contributed by atoms with Gasteiger partial charge in [0.1, 0.15) is 5.75 Å². The number of rotatable bonds is 11. The molecule has 0 radical (unpaired) electrons. The number of amides is 1. The summed E-state index contributed by atoms with van der Waals surface area (Å²) in [5.41, 5.74) is 1.72. The molecule has 0 bridgehead atoms. The van der Waals surface area contributed by atoms with Crippen molar-refractivity contribution in [2.75, 3.05) is 29.9 Å². The number of thioether (sulfide) groups is 1. The third kappa shape index (κ3) is 7.74. The molecule has 1 atom stereocenters. The number of carbonyl (C=O) groups is 1. The van der Waals surface area contributed by atoms with Gasteiger partial charge in [0, 0.05) is 30.1 Å². The second-order valence-electron chi connectivity index (χ2n) is 6.71. The molecular weight excluding hydrogens is 444 g/mol. The Hall–Kier alpha value is -1.90. The van der Waals surface area contributed by atoms with Crippen molar-refractivity contribution in [2.24, 2.45) is 0 Å². The average molecular weight is 471 g/mol. The molecule has 0 spiro atoms. The van der Waals surface area contributed by atoms with E-state index in [2.05, 4.69) is 5.32 Å². The summed E-state index contributed by atoms with van der Waals surface area (Å²) in [6.45, 7) is 2.43. The first-order valence-electron chi connectivity index (χ1n) is 9.51. The van der Waals surface area contributed by atoms with Crippen LogP contribution in [0.15, 0.2) is 48.5 Å². The summed E-state index contributed by atoms with van der Waals surface area (Å²) in [7, 11) is -1.84. The highest BCUT2D eigenvalue weighted by Gasteiger charge is 2.18. The average Bonchev–Trinajstić information content (AvgIpc) is 2.72. The van der Waals surface area contributed by atoms with Crippen molar-refractivity contribution in [3.05, 3.63) is 59.1 Å². The van der Waals surface area contributed by atoms with Gasteiger partial charge >= 0.3 is 0 Å². The minimum Gasteiger partial charge on any atom is -0.481 e. The van der Waals surface area contributed by atoms with E-state index < -0.39 is 16.1 Å². The standard InChI is InChI=1S/C21H27ClN2O4S2/c1-4-20(28-19-11-9-18(10-12-19)24(2)30(3,26)27)21(25)23-13-14-29-15-16-5-7-17(22)8-6-16/h5-12,20H,4,13-15H2,1-3H3,(H,23,25)/t20-/m1/s1. The Labute approximate surface area is 188 Å². The molecule has 1 amide bonds. The summed E-state index contributed by atoms with van der Waals surface area (Å²) < 4.78 is 30.2. The fourth-order valence-electron chi connectivity index (χ4n) is 2.54. The number of sulfonamides is 1. The molecule has 9 heteroatoms. The lowest BCUT2D eigenvalue weighted by Gasteiger charge is -2.19. The third-order valence-electron chi connectivity index (χ3n) is 4.37. The molecule has 0 heterocycles. The van der Waals surface area contributed by atoms with Crippen LogP contribution in [0.3, 0.4) is 0 Å². The van der Waals surface area contributed by atoms with Gasteiger partial charge in [-0.3, -0.25) is 9.10 Å². The molecule has 0 aliphatic heterocycles. The highest BCUT2D eigenvalue weighted by atomic mass is 35.5. The Balaban J connectivity index is 1.78. The highest BCUT2D eigenvalue weighted by Crippen LogP contribution is 2.21. The predicted octanol–water partition coefficient (Wildman–Crippen LogP) is 3.94. The summed E-state index contributed by atoms with van der Waals surface area (Å²) in [5.74, 6) is 1.99. The lowest BCUT2D eigenvalue weighted by molar-refractivity contribution is -0.127. The van der Waals surface area contributed by atoms with Crippen LogP contribution < -0.4 is 14.4 Å². The van der Waals surface area contributed by atoms with E-state index in [1.54, 1.807) is 36.0 Å². The van der Waals surface area contributed by atoms with Crippen molar-refractivity contribution in [1.82, 2.24) is 5.32 Å². The van der Waals surface area contributed by atoms with Gasteiger partial charge < -0.3 is 10.1 Å². The highest BCUT2D eigenvalue weighted by molar-refractivity contribution is 7.98. The van der Waals surface area contributed by atoms with Crippen LogP contribution in [0.2, 0.25) is 5.02 Å². The fraction of sp³-hybridized carbons (Fsp3) is 0.381. The summed E-state index contributed by atoms with van der Waals surface area (Å²) in [6, 6.07) is 14.3. The molecule has 0 saturated heterocycles. The fourth-order valence-corrected chi connectivity index (χ4v) is 3.99. The smallest absolute Gasteiger partial charge is 0.261 e. The molecule has 2 aromatic carbocycles. The number of ether oxygens (including phenoxy) is 1. The molecule has 0 aliphatic carbocycles. The molecule has 1 N–H and O–H groups in total. The van der Waals surface area contributed by atoms with Crippen LogP contribution in [-0.4, -0.2) is 46.0 Å². The molecule has 0 aliphatic rings. The Morgan fingerprint density at radius 1 is 1.17 bits per heavy atom. The van der Waals surface area contributed by atoms with Crippen LogP contribution in [0.1, 0.15) is 18.9 Å². The first-order chi connectivity index (χ1) is 14.2. The normalized spacial score (nSPS) is 12.3. The number of nitrogens with zero attached hydrogens (tertiary/aromatic N) is 1. The van der Waals surface area contributed by atoms with Crippen molar-refractivity contribution >= 4 is 45.0 Å². The molecule has 2 rings (SSSR count). The largest absolute Gasteiger partial charge is 0.481 e. The van der Waals surface area contributed by atoms with E-state index in [0.29, 0.717) is 24.4 Å². The van der Waals surface area contributed by atoms with Crippen molar-refractivity contribution in [3.63, 3.8) is 0 Å². The molecule has 2 aromatic rings. The van der Waals surface area contributed by atoms with Crippen molar-refractivity contribution in [2.45, 2.75) is 25.2 Å². The lowest BCUT2D eigenvalue weighted by Crippen LogP contribution is -2.39. The SMILES string of the molecule is CC[C@@H](Oc1ccc(N(C)S(C)(=O)=O)cc1)C(=O)NCCSCc1ccc(Cl)cc1. The summed E-state index contributed by atoms with van der Waals surface area (Å²) in [5, 5.41) is 3.63. The summed E-state index contributed by atoms with van der Waals surface area (Å²) in [6.07, 6.45) is 1.06. The van der Waals surface area contributed by atoms with Crippen LogP contribution in [0.25, 0.3) is 0 Å². The summed E-state index contributed by atoms with van der Waals surface area (Å²) in [4.78, 5) is 12.4. The number of carbonyl (C=O) groups excluding carboxylic acids is 1. The van der Waals surface area contributed by atoms with Gasteiger partial charge in [-0.1, -0.05) is 30.7 Å². The van der Waals surface area contributed by atoms with E-state index in [0.717, 1.165) is 22.8 Å². The number of hydrogen-bond acceptors (Lipinski definition) is 5. The zero-order valence-electron chi connectivity index (χ0n) is 17.3. The third-order valence-corrected chi connectivity index (χ3v) is 6.85. The number of nitrogens with one attached hydrogen (secondary N) is 1. The van der Waals surface area contributed by atoms with Gasteiger partial charge in [0.2, 0.25) is 10.0 Å². The van der Waals surface area contributed by atoms with Gasteiger partial charge in [0.15, 0.2) is 6.10 Å². The molecular formula is C21H27ClN2O4S2. The maximum absolute atomic E-state index is 12.4. The van der Waals surface area contributed by atoms with E-state index in [1.165, 1.54) is 16.9 Å². The first kappa shape index (κ1) is 24.4. The van der Waals surface area contributed by atoms with Gasteiger partial charge in [0.05, 0.1) is 11.9 Å². The van der Waals surface area contributed by atoms with Crippen LogP contribution in [0.5, 0.6) is 5.75 Å². The zero-order valence-corrected chi connectivity index (χ0v) is 19.7. The van der Waals surface area contributed by atoms with Gasteiger partial charge in [-0.15, -0.1) is 0 Å². The van der Waals surface area contributed by atoms with E-state index in [1.807, 2.05) is 31.2 Å². The van der Waals surface area contributed by atoms with E-state index in [4.69, 9.17) is 16.3 Å². The van der Waals surface area contributed by atoms with Crippen molar-refractivity contribution in [3.8, 4) is 5.75 Å². The topological polar surface area (TPSA) is 75.7 Å². The van der Waals surface area contributed by atoms with Crippen LogP contribution >= 0.6 is 23.4 Å². The minimum atomic E-state index is -3.32. The molecule has 30 heavy (non-hydrogen) atoms. The second-order valence-corrected chi connectivity index (χ2v) is 10.3. The molecule has 0 aromatic heterocycles. The van der Waals surface area contributed by atoms with Crippen molar-refractivity contribution < 1.29 is 17.9 Å². The predicted molar refractivity (Wildman–Crippen MR) is 125 cm³/mol. The number of anilines is 1. The van der Waals surface area contributed by atoms with Gasteiger partial charge in [-0.2, -0.15) is 11.8 Å². The Kier molecular flexibility index (Phi) is 9.33. The monoisotopic (exact) mass is 470 g/mol. The molecule has 6 nitrogen and oxygen atoms in total. The Morgan fingerprint density at radius 3 is 2.37 bits per heavy atom. The molecule has 0 fully saturated rings. The van der Waals surface area contributed by atoms with E-state index in [-0.39, 0.29) is 5.91 Å². The van der Waals surface area contributed by atoms with Crippen molar-refractivity contribution in [1.29, 1.82) is 0 Å². The minimum absolute atomic E-state index is 0.165. The van der Waals surface area contributed by atoms with Crippen LogP contribution in [0, 0.1) is 0 Å². The zero-order chi connectivity index (χ0) is 22.1. The molecule has 0 saturated carbocycles. The summed E-state index contributed by atoms with van der Waals surface area (Å²) >= 11 is 7.61. The van der Waals surface area contributed by atoms with Gasteiger partial charge in [-0.25, -0.2) is 8.42 Å². The van der Waals surface area contributed by atoms with Gasteiger partial charge in [0.25, 0.3) is 5.91 Å².